The fourth-order valence-corrected chi connectivity index (χ4v) is 2.07. The zero-order chi connectivity index (χ0) is 11.0. The molecule has 2 aromatic carbocycles. The fraction of sp³-hybridized carbons (Fsp3) is 0.333. The van der Waals surface area contributed by atoms with Crippen LogP contribution in [0.3, 0.4) is 0 Å². The molecule has 1 heteroatoms. The zero-order valence-corrected chi connectivity index (χ0v) is 9.66. The third-order valence-electron chi connectivity index (χ3n) is 3.23. The lowest BCUT2D eigenvalue weighted by molar-refractivity contribution is 0.688. The molecule has 0 atom stereocenters. The minimum atomic E-state index is 0.786. The summed E-state index contributed by atoms with van der Waals surface area (Å²) in [5.74, 6) is 0. The van der Waals surface area contributed by atoms with Crippen LogP contribution in [0.15, 0.2) is 36.4 Å². The number of fused-ring (bicyclic) bond motifs is 1. The SMILES string of the molecule is Cc1ccc2cc(CNC3CC3)ccc2c1. The second-order valence-electron chi connectivity index (χ2n) is 4.84. The summed E-state index contributed by atoms with van der Waals surface area (Å²) in [6, 6.07) is 14.2. The summed E-state index contributed by atoms with van der Waals surface area (Å²) in [4.78, 5) is 0. The summed E-state index contributed by atoms with van der Waals surface area (Å²) in [5, 5.41) is 6.24. The molecule has 1 aliphatic carbocycles. The quantitative estimate of drug-likeness (QED) is 0.820. The van der Waals surface area contributed by atoms with Gasteiger partial charge in [-0.25, -0.2) is 0 Å². The molecule has 0 amide bonds. The maximum atomic E-state index is 3.55. The Labute approximate surface area is 96.5 Å². The molecular formula is C15H17N. The third kappa shape index (κ3) is 2.10. The van der Waals surface area contributed by atoms with Crippen molar-refractivity contribution < 1.29 is 0 Å². The molecular weight excluding hydrogens is 194 g/mol. The average molecular weight is 211 g/mol. The Morgan fingerprint density at radius 3 is 2.62 bits per heavy atom. The molecule has 16 heavy (non-hydrogen) atoms. The van der Waals surface area contributed by atoms with Crippen LogP contribution in [0.2, 0.25) is 0 Å². The van der Waals surface area contributed by atoms with E-state index in [-0.39, 0.29) is 0 Å². The largest absolute Gasteiger partial charge is 0.310 e. The van der Waals surface area contributed by atoms with Crippen LogP contribution in [0.5, 0.6) is 0 Å². The molecule has 0 aliphatic heterocycles. The first-order chi connectivity index (χ1) is 7.81. The van der Waals surface area contributed by atoms with Crippen molar-refractivity contribution in [3.05, 3.63) is 47.5 Å². The Balaban J connectivity index is 1.86. The van der Waals surface area contributed by atoms with Gasteiger partial charge < -0.3 is 5.32 Å². The molecule has 0 unspecified atom stereocenters. The van der Waals surface area contributed by atoms with E-state index in [1.807, 2.05) is 0 Å². The minimum absolute atomic E-state index is 0.786. The van der Waals surface area contributed by atoms with E-state index in [4.69, 9.17) is 0 Å². The lowest BCUT2D eigenvalue weighted by atomic mass is 10.0. The summed E-state index contributed by atoms with van der Waals surface area (Å²) in [6.45, 7) is 3.15. The topological polar surface area (TPSA) is 12.0 Å². The molecule has 1 fully saturated rings. The third-order valence-corrected chi connectivity index (χ3v) is 3.23. The highest BCUT2D eigenvalue weighted by Gasteiger charge is 2.19. The molecule has 0 saturated heterocycles. The van der Waals surface area contributed by atoms with E-state index in [0.717, 1.165) is 12.6 Å². The molecule has 0 spiro atoms. The fourth-order valence-electron chi connectivity index (χ4n) is 2.07. The van der Waals surface area contributed by atoms with Crippen molar-refractivity contribution in [1.82, 2.24) is 5.32 Å². The first kappa shape index (κ1) is 9.86. The summed E-state index contributed by atoms with van der Waals surface area (Å²) in [7, 11) is 0. The lowest BCUT2D eigenvalue weighted by Crippen LogP contribution is -2.15. The molecule has 0 radical (unpaired) electrons. The Kier molecular flexibility index (Phi) is 2.41. The van der Waals surface area contributed by atoms with Crippen molar-refractivity contribution in [1.29, 1.82) is 0 Å². The Bertz CT molecular complexity index is 512. The highest BCUT2D eigenvalue weighted by atomic mass is 14.9. The van der Waals surface area contributed by atoms with Gasteiger partial charge in [-0.05, 0) is 42.2 Å². The van der Waals surface area contributed by atoms with Crippen molar-refractivity contribution in [2.24, 2.45) is 0 Å². The smallest absolute Gasteiger partial charge is 0.0208 e. The highest BCUT2D eigenvalue weighted by Crippen LogP contribution is 2.21. The van der Waals surface area contributed by atoms with Gasteiger partial charge in [-0.15, -0.1) is 0 Å². The molecule has 2 aromatic rings. The van der Waals surface area contributed by atoms with Crippen LogP contribution < -0.4 is 5.32 Å². The Hall–Kier alpha value is -1.34. The standard InChI is InChI=1S/C15H17N/c1-11-2-4-14-9-12(3-5-13(14)8-11)10-16-15-6-7-15/h2-5,8-9,15-16H,6-7,10H2,1H3. The Morgan fingerprint density at radius 2 is 1.81 bits per heavy atom. The molecule has 1 nitrogen and oxygen atoms in total. The average Bonchev–Trinajstić information content (AvgIpc) is 3.10. The van der Waals surface area contributed by atoms with Gasteiger partial charge >= 0.3 is 0 Å². The van der Waals surface area contributed by atoms with Crippen LogP contribution in [0.4, 0.5) is 0 Å². The van der Waals surface area contributed by atoms with Gasteiger partial charge in [0.2, 0.25) is 0 Å². The number of rotatable bonds is 3. The molecule has 0 heterocycles. The molecule has 0 bridgehead atoms. The van der Waals surface area contributed by atoms with E-state index < -0.39 is 0 Å². The van der Waals surface area contributed by atoms with Crippen molar-refractivity contribution in [2.45, 2.75) is 32.4 Å². The van der Waals surface area contributed by atoms with Crippen LogP contribution in [-0.2, 0) is 6.54 Å². The zero-order valence-electron chi connectivity index (χ0n) is 9.66. The number of nitrogens with one attached hydrogen (secondary N) is 1. The lowest BCUT2D eigenvalue weighted by Gasteiger charge is -2.05. The van der Waals surface area contributed by atoms with Crippen molar-refractivity contribution in [3.8, 4) is 0 Å². The summed E-state index contributed by atoms with van der Waals surface area (Å²) >= 11 is 0. The molecule has 1 aliphatic rings. The van der Waals surface area contributed by atoms with Crippen molar-refractivity contribution in [2.75, 3.05) is 0 Å². The van der Waals surface area contributed by atoms with E-state index in [2.05, 4.69) is 48.6 Å². The van der Waals surface area contributed by atoms with E-state index in [1.54, 1.807) is 0 Å². The monoisotopic (exact) mass is 211 g/mol. The van der Waals surface area contributed by atoms with E-state index >= 15 is 0 Å². The van der Waals surface area contributed by atoms with Gasteiger partial charge in [-0.2, -0.15) is 0 Å². The summed E-state index contributed by atoms with van der Waals surface area (Å²) in [5.41, 5.74) is 2.72. The van der Waals surface area contributed by atoms with Crippen LogP contribution >= 0.6 is 0 Å². The maximum absolute atomic E-state index is 3.55. The molecule has 82 valence electrons. The first-order valence-electron chi connectivity index (χ1n) is 6.04. The van der Waals surface area contributed by atoms with Gasteiger partial charge in [0.15, 0.2) is 0 Å². The second kappa shape index (κ2) is 3.91. The van der Waals surface area contributed by atoms with E-state index in [0.29, 0.717) is 0 Å². The molecule has 3 rings (SSSR count). The summed E-state index contributed by atoms with van der Waals surface area (Å²) in [6.07, 6.45) is 2.71. The van der Waals surface area contributed by atoms with Gasteiger partial charge in [0.1, 0.15) is 0 Å². The van der Waals surface area contributed by atoms with E-state index in [1.165, 1.54) is 34.7 Å². The molecule has 1 saturated carbocycles. The van der Waals surface area contributed by atoms with Crippen LogP contribution in [0, 0.1) is 6.92 Å². The predicted molar refractivity (Wildman–Crippen MR) is 68.5 cm³/mol. The number of hydrogen-bond donors (Lipinski definition) is 1. The van der Waals surface area contributed by atoms with E-state index in [9.17, 15) is 0 Å². The minimum Gasteiger partial charge on any atom is -0.310 e. The Morgan fingerprint density at radius 1 is 1.06 bits per heavy atom. The number of hydrogen-bond acceptors (Lipinski definition) is 1. The highest BCUT2D eigenvalue weighted by molar-refractivity contribution is 5.83. The normalized spacial score (nSPS) is 15.6. The van der Waals surface area contributed by atoms with Gasteiger partial charge in [0, 0.05) is 12.6 Å². The van der Waals surface area contributed by atoms with Gasteiger partial charge in [0.05, 0.1) is 0 Å². The predicted octanol–water partition coefficient (Wildman–Crippen LogP) is 3.40. The van der Waals surface area contributed by atoms with Crippen molar-refractivity contribution >= 4 is 10.8 Å². The van der Waals surface area contributed by atoms with Gasteiger partial charge in [-0.3, -0.25) is 0 Å². The van der Waals surface area contributed by atoms with Gasteiger partial charge in [-0.1, -0.05) is 35.9 Å². The molecule has 1 N–H and O–H groups in total. The maximum Gasteiger partial charge on any atom is 0.0208 e. The second-order valence-corrected chi connectivity index (χ2v) is 4.84. The first-order valence-corrected chi connectivity index (χ1v) is 6.04. The van der Waals surface area contributed by atoms with Gasteiger partial charge in [0.25, 0.3) is 0 Å². The number of benzene rings is 2. The number of aryl methyl sites for hydroxylation is 1. The summed E-state index contributed by atoms with van der Waals surface area (Å²) < 4.78 is 0. The molecule has 0 aromatic heterocycles. The van der Waals surface area contributed by atoms with Crippen LogP contribution in [0.25, 0.3) is 10.8 Å². The van der Waals surface area contributed by atoms with Crippen LogP contribution in [0.1, 0.15) is 24.0 Å². The van der Waals surface area contributed by atoms with Crippen molar-refractivity contribution in [3.63, 3.8) is 0 Å². The van der Waals surface area contributed by atoms with Crippen LogP contribution in [-0.4, -0.2) is 6.04 Å².